The number of hydrogen-bond donors (Lipinski definition) is 0. The van der Waals surface area contributed by atoms with Crippen molar-refractivity contribution in [1.82, 2.24) is 0 Å². The molecule has 0 aliphatic carbocycles. The standard InChI is InChI=1S/C14H17BrO3/c1-4-18-13(17)8-11-6-5-7-12(9(11)2)14(15)10(3)16/h5-7,14H,4,8H2,1-3H3. The van der Waals surface area contributed by atoms with Crippen molar-refractivity contribution in [3.05, 3.63) is 34.9 Å². The van der Waals surface area contributed by atoms with Gasteiger partial charge in [-0.15, -0.1) is 0 Å². The molecule has 1 aromatic rings. The average Bonchev–Trinajstić information content (AvgIpc) is 2.31. The van der Waals surface area contributed by atoms with Crippen LogP contribution in [0.1, 0.15) is 35.4 Å². The lowest BCUT2D eigenvalue weighted by molar-refractivity contribution is -0.142. The van der Waals surface area contributed by atoms with Gasteiger partial charge in [0, 0.05) is 0 Å². The predicted molar refractivity (Wildman–Crippen MR) is 73.9 cm³/mol. The number of carbonyl (C=O) groups excluding carboxylic acids is 2. The summed E-state index contributed by atoms with van der Waals surface area (Å²) in [5.41, 5.74) is 2.77. The van der Waals surface area contributed by atoms with Gasteiger partial charge in [-0.05, 0) is 37.5 Å². The van der Waals surface area contributed by atoms with Crippen molar-refractivity contribution in [2.75, 3.05) is 6.61 Å². The number of halogens is 1. The summed E-state index contributed by atoms with van der Waals surface area (Å²) < 4.78 is 4.93. The number of ether oxygens (including phenoxy) is 1. The summed E-state index contributed by atoms with van der Waals surface area (Å²) in [6.45, 7) is 5.62. The van der Waals surface area contributed by atoms with Crippen LogP contribution in [0, 0.1) is 6.92 Å². The second kappa shape index (κ2) is 6.69. The first kappa shape index (κ1) is 14.9. The number of rotatable bonds is 5. The molecular formula is C14H17BrO3. The van der Waals surface area contributed by atoms with Crippen LogP contribution in [0.3, 0.4) is 0 Å². The fourth-order valence-electron chi connectivity index (χ4n) is 1.76. The van der Waals surface area contributed by atoms with Crippen LogP contribution in [0.25, 0.3) is 0 Å². The third-order valence-corrected chi connectivity index (χ3v) is 3.90. The summed E-state index contributed by atoms with van der Waals surface area (Å²) in [5.74, 6) is -0.196. The number of Topliss-reactive ketones (excluding diaryl/α,β-unsaturated/α-hetero) is 1. The summed E-state index contributed by atoms with van der Waals surface area (Å²) in [6.07, 6.45) is 0.241. The molecule has 0 aromatic heterocycles. The van der Waals surface area contributed by atoms with Crippen LogP contribution < -0.4 is 0 Å². The van der Waals surface area contributed by atoms with Gasteiger partial charge < -0.3 is 4.74 Å². The fraction of sp³-hybridized carbons (Fsp3) is 0.429. The summed E-state index contributed by atoms with van der Waals surface area (Å²) >= 11 is 3.37. The molecule has 0 N–H and O–H groups in total. The Labute approximate surface area is 116 Å². The maximum Gasteiger partial charge on any atom is 0.310 e. The molecule has 1 unspecified atom stereocenters. The minimum atomic E-state index is -0.320. The molecule has 0 aliphatic rings. The van der Waals surface area contributed by atoms with Crippen LogP contribution in [0.2, 0.25) is 0 Å². The normalized spacial score (nSPS) is 12.0. The zero-order chi connectivity index (χ0) is 13.7. The first-order valence-electron chi connectivity index (χ1n) is 5.85. The van der Waals surface area contributed by atoms with Gasteiger partial charge in [0.05, 0.1) is 17.9 Å². The molecule has 18 heavy (non-hydrogen) atoms. The van der Waals surface area contributed by atoms with Crippen molar-refractivity contribution >= 4 is 27.7 Å². The molecule has 0 aliphatic heterocycles. The van der Waals surface area contributed by atoms with E-state index in [1.54, 1.807) is 6.92 Å². The number of alkyl halides is 1. The highest BCUT2D eigenvalue weighted by Gasteiger charge is 2.17. The van der Waals surface area contributed by atoms with Crippen LogP contribution >= 0.6 is 15.9 Å². The maximum absolute atomic E-state index is 11.5. The van der Waals surface area contributed by atoms with E-state index >= 15 is 0 Å². The fourth-order valence-corrected chi connectivity index (χ4v) is 2.25. The lowest BCUT2D eigenvalue weighted by atomic mass is 9.97. The van der Waals surface area contributed by atoms with Crippen LogP contribution in [-0.2, 0) is 20.7 Å². The van der Waals surface area contributed by atoms with Crippen molar-refractivity contribution in [3.8, 4) is 0 Å². The van der Waals surface area contributed by atoms with Gasteiger partial charge in [-0.25, -0.2) is 0 Å². The molecule has 1 rings (SSSR count). The molecular weight excluding hydrogens is 296 g/mol. The Morgan fingerprint density at radius 3 is 2.61 bits per heavy atom. The molecule has 0 bridgehead atoms. The summed E-state index contributed by atoms with van der Waals surface area (Å²) in [6, 6.07) is 5.63. The SMILES string of the molecule is CCOC(=O)Cc1cccc(C(Br)C(C)=O)c1C. The number of benzene rings is 1. The first-order chi connectivity index (χ1) is 8.47. The number of hydrogen-bond acceptors (Lipinski definition) is 3. The predicted octanol–water partition coefficient (Wildman–Crippen LogP) is 3.13. The highest BCUT2D eigenvalue weighted by molar-refractivity contribution is 9.09. The van der Waals surface area contributed by atoms with Crippen molar-refractivity contribution in [2.24, 2.45) is 0 Å². The quantitative estimate of drug-likeness (QED) is 0.619. The Morgan fingerprint density at radius 1 is 1.39 bits per heavy atom. The van der Waals surface area contributed by atoms with Crippen molar-refractivity contribution < 1.29 is 14.3 Å². The van der Waals surface area contributed by atoms with Crippen LogP contribution in [-0.4, -0.2) is 18.4 Å². The van der Waals surface area contributed by atoms with Crippen molar-refractivity contribution in [2.45, 2.75) is 32.0 Å². The number of esters is 1. The van der Waals surface area contributed by atoms with Crippen molar-refractivity contribution in [1.29, 1.82) is 0 Å². The van der Waals surface area contributed by atoms with Crippen LogP contribution in [0.5, 0.6) is 0 Å². The van der Waals surface area contributed by atoms with E-state index < -0.39 is 0 Å². The van der Waals surface area contributed by atoms with E-state index in [-0.39, 0.29) is 23.0 Å². The molecule has 98 valence electrons. The van der Waals surface area contributed by atoms with Gasteiger partial charge >= 0.3 is 5.97 Å². The Kier molecular flexibility index (Phi) is 5.54. The Morgan fingerprint density at radius 2 is 2.06 bits per heavy atom. The molecule has 0 fully saturated rings. The van der Waals surface area contributed by atoms with E-state index in [9.17, 15) is 9.59 Å². The zero-order valence-corrected chi connectivity index (χ0v) is 12.4. The van der Waals surface area contributed by atoms with E-state index in [1.165, 1.54) is 6.92 Å². The third-order valence-electron chi connectivity index (χ3n) is 2.76. The first-order valence-corrected chi connectivity index (χ1v) is 6.77. The molecule has 0 radical (unpaired) electrons. The Bertz CT molecular complexity index is 454. The van der Waals surface area contributed by atoms with Gasteiger partial charge in [0.2, 0.25) is 0 Å². The van der Waals surface area contributed by atoms with Crippen molar-refractivity contribution in [3.63, 3.8) is 0 Å². The van der Waals surface area contributed by atoms with Gasteiger partial charge in [-0.3, -0.25) is 9.59 Å². The minimum Gasteiger partial charge on any atom is -0.466 e. The summed E-state index contributed by atoms with van der Waals surface area (Å²) in [7, 11) is 0. The second-order valence-electron chi connectivity index (χ2n) is 4.09. The minimum absolute atomic E-state index is 0.0476. The maximum atomic E-state index is 11.5. The molecule has 0 heterocycles. The molecule has 0 amide bonds. The second-order valence-corrected chi connectivity index (χ2v) is 5.00. The molecule has 1 atom stereocenters. The molecule has 0 saturated carbocycles. The lowest BCUT2D eigenvalue weighted by Gasteiger charge is -2.13. The largest absolute Gasteiger partial charge is 0.466 e. The topological polar surface area (TPSA) is 43.4 Å². The monoisotopic (exact) mass is 312 g/mol. The molecule has 3 nitrogen and oxygen atoms in total. The van der Waals surface area contributed by atoms with Crippen LogP contribution in [0.4, 0.5) is 0 Å². The van der Waals surface area contributed by atoms with Crippen LogP contribution in [0.15, 0.2) is 18.2 Å². The lowest BCUT2D eigenvalue weighted by Crippen LogP contribution is -2.10. The van der Waals surface area contributed by atoms with E-state index in [1.807, 2.05) is 25.1 Å². The Balaban J connectivity index is 2.98. The van der Waals surface area contributed by atoms with Gasteiger partial charge in [-0.2, -0.15) is 0 Å². The van der Waals surface area contributed by atoms with E-state index in [4.69, 9.17) is 4.74 Å². The summed E-state index contributed by atoms with van der Waals surface area (Å²) in [5, 5.41) is 0. The van der Waals surface area contributed by atoms with Gasteiger partial charge in [-0.1, -0.05) is 34.1 Å². The zero-order valence-electron chi connectivity index (χ0n) is 10.8. The highest BCUT2D eigenvalue weighted by atomic mass is 79.9. The summed E-state index contributed by atoms with van der Waals surface area (Å²) in [4.78, 5) is 22.6. The van der Waals surface area contributed by atoms with Gasteiger partial charge in [0.25, 0.3) is 0 Å². The smallest absolute Gasteiger partial charge is 0.310 e. The van der Waals surface area contributed by atoms with E-state index in [0.29, 0.717) is 6.61 Å². The average molecular weight is 313 g/mol. The molecule has 0 spiro atoms. The van der Waals surface area contributed by atoms with Gasteiger partial charge in [0.1, 0.15) is 5.78 Å². The van der Waals surface area contributed by atoms with Gasteiger partial charge in [0.15, 0.2) is 0 Å². The highest BCUT2D eigenvalue weighted by Crippen LogP contribution is 2.28. The Hall–Kier alpha value is -1.16. The third kappa shape index (κ3) is 3.67. The molecule has 1 aromatic carbocycles. The number of carbonyl (C=O) groups is 2. The number of ketones is 1. The molecule has 4 heteroatoms. The van der Waals surface area contributed by atoms with E-state index in [0.717, 1.165) is 16.7 Å². The molecule has 0 saturated heterocycles. The van der Waals surface area contributed by atoms with E-state index in [2.05, 4.69) is 15.9 Å².